The third-order valence-corrected chi connectivity index (χ3v) is 2.53. The minimum absolute atomic E-state index is 0.607. The number of anilines is 1. The van der Waals surface area contributed by atoms with Crippen LogP contribution in [0.1, 0.15) is 19.4 Å². The van der Waals surface area contributed by atoms with Crippen molar-refractivity contribution in [1.29, 1.82) is 0 Å². The maximum Gasteiger partial charge on any atom is 0.128 e. The van der Waals surface area contributed by atoms with Crippen LogP contribution >= 0.6 is 15.9 Å². The lowest BCUT2D eigenvalue weighted by Crippen LogP contribution is -2.29. The van der Waals surface area contributed by atoms with Crippen LogP contribution in [0.4, 0.5) is 5.82 Å². The highest BCUT2D eigenvalue weighted by Crippen LogP contribution is 2.07. The van der Waals surface area contributed by atoms with Gasteiger partial charge < -0.3 is 5.73 Å². The Kier molecular flexibility index (Phi) is 3.48. The number of alkyl halides is 1. The topological polar surface area (TPSA) is 38.9 Å². The van der Waals surface area contributed by atoms with E-state index in [4.69, 9.17) is 5.73 Å². The third-order valence-electron chi connectivity index (χ3n) is 1.92. The van der Waals surface area contributed by atoms with Crippen LogP contribution in [0.5, 0.6) is 0 Å². The molecule has 1 rings (SSSR count). The summed E-state index contributed by atoms with van der Waals surface area (Å²) in [6.45, 7) is 3.96. The van der Waals surface area contributed by atoms with Gasteiger partial charge >= 0.3 is 0 Å². The molecule has 0 spiro atoms. The predicted octanol–water partition coefficient (Wildman–Crippen LogP) is 1.16. The molecule has 0 bridgehead atoms. The molecule has 0 unspecified atom stereocenters. The SMILES string of the molecule is C/C=c1/cc(CBr)c(N)n/c1=C/C. The first-order valence-corrected chi connectivity index (χ1v) is 5.29. The van der Waals surface area contributed by atoms with E-state index in [9.17, 15) is 0 Å². The molecule has 0 atom stereocenters. The molecule has 1 aromatic rings. The summed E-state index contributed by atoms with van der Waals surface area (Å²) in [5.41, 5.74) is 6.80. The zero-order valence-corrected chi connectivity index (χ0v) is 9.43. The fourth-order valence-electron chi connectivity index (χ4n) is 1.17. The molecule has 2 N–H and O–H groups in total. The average molecular weight is 241 g/mol. The van der Waals surface area contributed by atoms with E-state index in [-0.39, 0.29) is 0 Å². The van der Waals surface area contributed by atoms with Gasteiger partial charge in [-0.3, -0.25) is 0 Å². The maximum atomic E-state index is 5.76. The number of halogens is 1. The van der Waals surface area contributed by atoms with E-state index in [1.54, 1.807) is 0 Å². The van der Waals surface area contributed by atoms with Crippen molar-refractivity contribution in [2.45, 2.75) is 19.2 Å². The van der Waals surface area contributed by atoms with E-state index in [2.05, 4.69) is 27.0 Å². The second kappa shape index (κ2) is 4.42. The van der Waals surface area contributed by atoms with Gasteiger partial charge in [-0.15, -0.1) is 0 Å². The molecule has 3 heteroatoms. The highest BCUT2D eigenvalue weighted by molar-refractivity contribution is 9.08. The molecule has 0 amide bonds. The van der Waals surface area contributed by atoms with Crippen molar-refractivity contribution >= 4 is 33.9 Å². The van der Waals surface area contributed by atoms with Gasteiger partial charge in [0.2, 0.25) is 0 Å². The van der Waals surface area contributed by atoms with Gasteiger partial charge in [-0.2, -0.15) is 0 Å². The number of nitrogens with zero attached hydrogens (tertiary/aromatic N) is 1. The van der Waals surface area contributed by atoms with Crippen molar-refractivity contribution in [2.75, 3.05) is 5.73 Å². The fraction of sp³-hybridized carbons (Fsp3) is 0.300. The first-order chi connectivity index (χ1) is 6.22. The van der Waals surface area contributed by atoms with E-state index in [0.29, 0.717) is 5.82 Å². The smallest absolute Gasteiger partial charge is 0.128 e. The van der Waals surface area contributed by atoms with Gasteiger partial charge in [0.15, 0.2) is 0 Å². The lowest BCUT2D eigenvalue weighted by Gasteiger charge is -2.00. The van der Waals surface area contributed by atoms with Crippen LogP contribution in [-0.2, 0) is 5.33 Å². The van der Waals surface area contributed by atoms with Crippen LogP contribution in [0.25, 0.3) is 12.2 Å². The van der Waals surface area contributed by atoms with E-state index in [1.165, 1.54) is 0 Å². The van der Waals surface area contributed by atoms with Crippen LogP contribution in [0.3, 0.4) is 0 Å². The number of nitrogens with two attached hydrogens (primary N) is 1. The molecule has 0 aliphatic carbocycles. The van der Waals surface area contributed by atoms with E-state index in [1.807, 2.05) is 26.0 Å². The molecule has 0 saturated carbocycles. The van der Waals surface area contributed by atoms with Gasteiger partial charge in [0, 0.05) is 10.9 Å². The molecule has 70 valence electrons. The molecule has 0 aliphatic heterocycles. The Labute approximate surface area is 86.3 Å². The minimum Gasteiger partial charge on any atom is -0.383 e. The van der Waals surface area contributed by atoms with Crippen molar-refractivity contribution < 1.29 is 0 Å². The van der Waals surface area contributed by atoms with E-state index >= 15 is 0 Å². The predicted molar refractivity (Wildman–Crippen MR) is 60.8 cm³/mol. The maximum absolute atomic E-state index is 5.76. The molecule has 1 heterocycles. The Balaban J connectivity index is 3.55. The lowest BCUT2D eigenvalue weighted by molar-refractivity contribution is 1.18. The zero-order valence-electron chi connectivity index (χ0n) is 7.84. The number of nitrogen functional groups attached to an aromatic ring is 1. The quantitative estimate of drug-likeness (QED) is 0.749. The molecule has 2 nitrogen and oxygen atoms in total. The first kappa shape index (κ1) is 10.3. The van der Waals surface area contributed by atoms with Crippen LogP contribution in [0, 0.1) is 0 Å². The standard InChI is InChI=1S/C10H13BrN2/c1-3-7-5-8(6-11)10(12)13-9(7)4-2/h3-5H,6H2,1-2H3,(H2,12,13)/b7-3-,9-4+. The molecule has 1 aromatic heterocycles. The number of rotatable bonds is 1. The number of hydrogen-bond donors (Lipinski definition) is 1. The molecule has 0 fully saturated rings. The summed E-state index contributed by atoms with van der Waals surface area (Å²) in [6.07, 6.45) is 4.00. The number of hydrogen-bond acceptors (Lipinski definition) is 2. The fourth-order valence-corrected chi connectivity index (χ4v) is 1.62. The van der Waals surface area contributed by atoms with E-state index in [0.717, 1.165) is 21.5 Å². The van der Waals surface area contributed by atoms with Crippen LogP contribution < -0.4 is 16.3 Å². The largest absolute Gasteiger partial charge is 0.383 e. The van der Waals surface area contributed by atoms with Crippen molar-refractivity contribution in [3.05, 3.63) is 22.2 Å². The van der Waals surface area contributed by atoms with Crippen LogP contribution in [0.15, 0.2) is 6.07 Å². The minimum atomic E-state index is 0.607. The Morgan fingerprint density at radius 2 is 2.15 bits per heavy atom. The van der Waals surface area contributed by atoms with Crippen LogP contribution in [-0.4, -0.2) is 4.98 Å². The Morgan fingerprint density at radius 1 is 1.46 bits per heavy atom. The molecule has 0 radical (unpaired) electrons. The van der Waals surface area contributed by atoms with Crippen molar-refractivity contribution in [2.24, 2.45) is 0 Å². The molecular formula is C10H13BrN2. The second-order valence-electron chi connectivity index (χ2n) is 2.72. The summed E-state index contributed by atoms with van der Waals surface area (Å²) in [4.78, 5) is 4.29. The van der Waals surface area contributed by atoms with Crippen molar-refractivity contribution in [3.63, 3.8) is 0 Å². The molecule has 0 aliphatic rings. The van der Waals surface area contributed by atoms with Crippen molar-refractivity contribution in [3.8, 4) is 0 Å². The molecule has 13 heavy (non-hydrogen) atoms. The Bertz CT molecular complexity index is 410. The van der Waals surface area contributed by atoms with Gasteiger partial charge in [0.05, 0.1) is 5.35 Å². The molecule has 0 aromatic carbocycles. The number of pyridine rings is 1. The van der Waals surface area contributed by atoms with Gasteiger partial charge in [0.25, 0.3) is 0 Å². The molecule has 0 saturated heterocycles. The monoisotopic (exact) mass is 240 g/mol. The zero-order chi connectivity index (χ0) is 9.84. The lowest BCUT2D eigenvalue weighted by atomic mass is 10.2. The van der Waals surface area contributed by atoms with Crippen LogP contribution in [0.2, 0.25) is 0 Å². The summed E-state index contributed by atoms with van der Waals surface area (Å²) in [5.74, 6) is 0.607. The van der Waals surface area contributed by atoms with Gasteiger partial charge in [-0.1, -0.05) is 28.1 Å². The average Bonchev–Trinajstić information content (AvgIpc) is 2.17. The van der Waals surface area contributed by atoms with E-state index < -0.39 is 0 Å². The van der Waals surface area contributed by atoms with Gasteiger partial charge in [-0.25, -0.2) is 4.98 Å². The van der Waals surface area contributed by atoms with Gasteiger partial charge in [0.1, 0.15) is 5.82 Å². The highest BCUT2D eigenvalue weighted by atomic mass is 79.9. The Hall–Kier alpha value is -0.830. The molecular weight excluding hydrogens is 228 g/mol. The normalized spacial score (nSPS) is 13.8. The van der Waals surface area contributed by atoms with Crippen molar-refractivity contribution in [1.82, 2.24) is 4.98 Å². The third kappa shape index (κ3) is 2.10. The van der Waals surface area contributed by atoms with Gasteiger partial charge in [-0.05, 0) is 25.1 Å². The first-order valence-electron chi connectivity index (χ1n) is 4.17. The Morgan fingerprint density at radius 3 is 2.62 bits per heavy atom. The highest BCUT2D eigenvalue weighted by Gasteiger charge is 1.98. The second-order valence-corrected chi connectivity index (χ2v) is 3.28. The summed E-state index contributed by atoms with van der Waals surface area (Å²) in [7, 11) is 0. The summed E-state index contributed by atoms with van der Waals surface area (Å²) >= 11 is 3.37. The summed E-state index contributed by atoms with van der Waals surface area (Å²) in [5, 5.41) is 2.83. The summed E-state index contributed by atoms with van der Waals surface area (Å²) < 4.78 is 0. The number of aromatic nitrogens is 1. The summed E-state index contributed by atoms with van der Waals surface area (Å²) in [6, 6.07) is 2.06.